The summed E-state index contributed by atoms with van der Waals surface area (Å²) in [5.41, 5.74) is 2.43. The summed E-state index contributed by atoms with van der Waals surface area (Å²) >= 11 is 6.08. The molecule has 0 bridgehead atoms. The number of aromatic nitrogens is 1. The molecule has 1 N–H and O–H groups in total. The number of halogens is 1. The van der Waals surface area contributed by atoms with E-state index in [4.69, 9.17) is 11.6 Å². The van der Waals surface area contributed by atoms with Gasteiger partial charge in [0.25, 0.3) is 5.91 Å². The molecule has 2 saturated heterocycles. The third-order valence-corrected chi connectivity index (χ3v) is 9.62. The van der Waals surface area contributed by atoms with Gasteiger partial charge in [0.1, 0.15) is 0 Å². The minimum Gasteiger partial charge on any atom is -0.354 e. The number of rotatable bonds is 4. The van der Waals surface area contributed by atoms with E-state index < -0.39 is 22.1 Å². The number of nitrogens with one attached hydrogen (secondary N) is 1. The summed E-state index contributed by atoms with van der Waals surface area (Å²) in [5, 5.41) is 4.97. The van der Waals surface area contributed by atoms with Crippen LogP contribution in [0.1, 0.15) is 16.8 Å². The van der Waals surface area contributed by atoms with Crippen LogP contribution in [-0.2, 0) is 14.8 Å². The zero-order valence-corrected chi connectivity index (χ0v) is 22.4. The summed E-state index contributed by atoms with van der Waals surface area (Å²) in [6.45, 7) is 0.442. The third kappa shape index (κ3) is 4.78. The molecule has 4 aromatic rings. The van der Waals surface area contributed by atoms with Gasteiger partial charge < -0.3 is 10.2 Å². The van der Waals surface area contributed by atoms with E-state index in [2.05, 4.69) is 10.3 Å². The van der Waals surface area contributed by atoms with E-state index in [9.17, 15) is 18.0 Å². The van der Waals surface area contributed by atoms with Gasteiger partial charge >= 0.3 is 0 Å². The second-order valence-electron chi connectivity index (χ2n) is 9.72. The van der Waals surface area contributed by atoms with Gasteiger partial charge in [-0.1, -0.05) is 35.9 Å². The fourth-order valence-corrected chi connectivity index (χ4v) is 7.32. The number of hydrogen-bond donors (Lipinski definition) is 1. The van der Waals surface area contributed by atoms with Crippen molar-refractivity contribution in [3.05, 3.63) is 95.8 Å². The van der Waals surface area contributed by atoms with Crippen molar-refractivity contribution < 1.29 is 18.0 Å². The van der Waals surface area contributed by atoms with Crippen molar-refractivity contribution in [3.8, 4) is 11.1 Å². The zero-order valence-electron chi connectivity index (χ0n) is 20.8. The Hall–Kier alpha value is -3.79. The fraction of sp³-hybridized carbons (Fsp3) is 0.207. The molecule has 8 nitrogen and oxygen atoms in total. The summed E-state index contributed by atoms with van der Waals surface area (Å²) < 4.78 is 29.1. The molecule has 10 heteroatoms. The molecule has 0 saturated carbocycles. The standard InChI is InChI=1S/C29H25ClN4O4S/c30-24-7-5-23-16-25(8-6-22(23)15-24)39(37,38)34-14-13-33(26-17-28(35)32-18-27(26)34)29(36)21-3-1-19(2-4-21)20-9-11-31-12-10-20/h1-12,15-16,26-27H,13-14,17-18H2,(H,32,35). The number of sulfonamides is 1. The second kappa shape index (κ2) is 10.1. The highest BCUT2D eigenvalue weighted by molar-refractivity contribution is 7.89. The van der Waals surface area contributed by atoms with Crippen LogP contribution in [0, 0.1) is 0 Å². The molecular formula is C29H25ClN4O4S. The van der Waals surface area contributed by atoms with E-state index in [1.807, 2.05) is 24.3 Å². The predicted molar refractivity (Wildman–Crippen MR) is 149 cm³/mol. The van der Waals surface area contributed by atoms with Gasteiger partial charge in [0, 0.05) is 49.0 Å². The van der Waals surface area contributed by atoms with Crippen LogP contribution >= 0.6 is 11.6 Å². The van der Waals surface area contributed by atoms with Crippen molar-refractivity contribution in [3.63, 3.8) is 0 Å². The Kier molecular flexibility index (Phi) is 6.58. The molecule has 0 aliphatic carbocycles. The van der Waals surface area contributed by atoms with Gasteiger partial charge in [-0.25, -0.2) is 8.42 Å². The minimum atomic E-state index is -3.90. The van der Waals surface area contributed by atoms with Crippen molar-refractivity contribution in [1.29, 1.82) is 0 Å². The molecule has 2 atom stereocenters. The highest BCUT2D eigenvalue weighted by Crippen LogP contribution is 2.31. The lowest BCUT2D eigenvalue weighted by atomic mass is 9.95. The molecule has 3 aromatic carbocycles. The van der Waals surface area contributed by atoms with E-state index in [1.165, 1.54) is 4.31 Å². The lowest BCUT2D eigenvalue weighted by molar-refractivity contribution is -0.125. The molecule has 1 aromatic heterocycles. The maximum Gasteiger partial charge on any atom is 0.254 e. The number of carbonyl (C=O) groups excluding carboxylic acids is 2. The average Bonchev–Trinajstić information content (AvgIpc) is 2.96. The zero-order chi connectivity index (χ0) is 27.1. The second-order valence-corrected chi connectivity index (χ2v) is 12.1. The summed E-state index contributed by atoms with van der Waals surface area (Å²) in [5.74, 6) is -0.426. The van der Waals surface area contributed by atoms with E-state index in [-0.39, 0.29) is 42.8 Å². The Morgan fingerprint density at radius 2 is 1.56 bits per heavy atom. The smallest absolute Gasteiger partial charge is 0.254 e. The summed E-state index contributed by atoms with van der Waals surface area (Å²) in [6, 6.07) is 20.2. The number of nitrogens with zero attached hydrogens (tertiary/aromatic N) is 3. The lowest BCUT2D eigenvalue weighted by Crippen LogP contribution is -2.68. The SMILES string of the molecule is O=C1CC2C(CN1)N(S(=O)(=O)c1ccc3cc(Cl)ccc3c1)CCN2C(=O)c1ccc(-c2ccncc2)cc1. The Bertz CT molecular complexity index is 1680. The van der Waals surface area contributed by atoms with E-state index >= 15 is 0 Å². The quantitative estimate of drug-likeness (QED) is 0.407. The molecule has 0 spiro atoms. The maximum absolute atomic E-state index is 13.8. The fourth-order valence-electron chi connectivity index (χ4n) is 5.46. The molecule has 2 unspecified atom stereocenters. The van der Waals surface area contributed by atoms with Crippen molar-refractivity contribution in [2.24, 2.45) is 0 Å². The molecule has 3 heterocycles. The number of fused-ring (bicyclic) bond motifs is 2. The van der Waals surface area contributed by atoms with Gasteiger partial charge in [0.2, 0.25) is 15.9 Å². The first-order valence-electron chi connectivity index (χ1n) is 12.6. The van der Waals surface area contributed by atoms with E-state index in [0.717, 1.165) is 21.9 Å². The molecule has 0 radical (unpaired) electrons. The van der Waals surface area contributed by atoms with Crippen LogP contribution in [0.4, 0.5) is 0 Å². The average molecular weight is 561 g/mol. The minimum absolute atomic E-state index is 0.0355. The largest absolute Gasteiger partial charge is 0.354 e. The van der Waals surface area contributed by atoms with E-state index in [0.29, 0.717) is 10.6 Å². The van der Waals surface area contributed by atoms with Crippen molar-refractivity contribution in [2.75, 3.05) is 19.6 Å². The van der Waals surface area contributed by atoms with Gasteiger partial charge in [-0.15, -0.1) is 0 Å². The number of hydrogen-bond acceptors (Lipinski definition) is 5. The van der Waals surface area contributed by atoms with Gasteiger partial charge in [-0.3, -0.25) is 14.6 Å². The monoisotopic (exact) mass is 560 g/mol. The first-order chi connectivity index (χ1) is 18.8. The number of amides is 2. The molecule has 2 aliphatic rings. The number of carbonyl (C=O) groups is 2. The lowest BCUT2D eigenvalue weighted by Gasteiger charge is -2.48. The Morgan fingerprint density at radius 1 is 0.872 bits per heavy atom. The molecule has 198 valence electrons. The summed E-state index contributed by atoms with van der Waals surface area (Å²) in [7, 11) is -3.90. The number of benzene rings is 3. The van der Waals surface area contributed by atoms with Crippen molar-refractivity contribution in [2.45, 2.75) is 23.4 Å². The normalized spacial score (nSPS) is 19.9. The van der Waals surface area contributed by atoms with Gasteiger partial charge in [0.15, 0.2) is 0 Å². The van der Waals surface area contributed by atoms with Crippen LogP contribution < -0.4 is 5.32 Å². The molecule has 39 heavy (non-hydrogen) atoms. The van der Waals surface area contributed by atoms with Crippen LogP contribution in [0.2, 0.25) is 5.02 Å². The molecule has 6 rings (SSSR count). The van der Waals surface area contributed by atoms with Crippen molar-refractivity contribution in [1.82, 2.24) is 19.5 Å². The molecule has 2 amide bonds. The van der Waals surface area contributed by atoms with Crippen LogP contribution in [0.3, 0.4) is 0 Å². The van der Waals surface area contributed by atoms with Crippen LogP contribution in [0.15, 0.2) is 90.1 Å². The first-order valence-corrected chi connectivity index (χ1v) is 14.4. The summed E-state index contributed by atoms with van der Waals surface area (Å²) in [6.07, 6.45) is 3.46. The number of piperazine rings is 1. The first kappa shape index (κ1) is 25.5. The topological polar surface area (TPSA) is 99.7 Å². The van der Waals surface area contributed by atoms with Gasteiger partial charge in [-0.2, -0.15) is 4.31 Å². The molecule has 2 aliphatic heterocycles. The Balaban J connectivity index is 1.28. The van der Waals surface area contributed by atoms with Crippen LogP contribution in [-0.4, -0.2) is 66.1 Å². The summed E-state index contributed by atoms with van der Waals surface area (Å²) in [4.78, 5) is 31.9. The van der Waals surface area contributed by atoms with Crippen LogP contribution in [0.25, 0.3) is 21.9 Å². The van der Waals surface area contributed by atoms with Gasteiger partial charge in [0.05, 0.1) is 17.0 Å². The van der Waals surface area contributed by atoms with Crippen molar-refractivity contribution >= 4 is 44.2 Å². The van der Waals surface area contributed by atoms with Crippen LogP contribution in [0.5, 0.6) is 0 Å². The Morgan fingerprint density at radius 3 is 2.33 bits per heavy atom. The number of piperidine rings is 1. The highest BCUT2D eigenvalue weighted by atomic mass is 35.5. The van der Waals surface area contributed by atoms with Gasteiger partial charge in [-0.05, 0) is 70.4 Å². The third-order valence-electron chi connectivity index (χ3n) is 7.47. The Labute approximate surface area is 231 Å². The predicted octanol–water partition coefficient (Wildman–Crippen LogP) is 3.96. The highest BCUT2D eigenvalue weighted by Gasteiger charge is 2.47. The number of pyridine rings is 1. The molecular weight excluding hydrogens is 536 g/mol. The molecule has 2 fully saturated rings. The van der Waals surface area contributed by atoms with E-state index in [1.54, 1.807) is 65.8 Å². The maximum atomic E-state index is 13.8.